The van der Waals surface area contributed by atoms with Crippen LogP contribution in [0, 0.1) is 0 Å². The van der Waals surface area contributed by atoms with E-state index in [2.05, 4.69) is 20.6 Å². The maximum Gasteiger partial charge on any atom is 0.200 e. The summed E-state index contributed by atoms with van der Waals surface area (Å²) in [6.45, 7) is 0.737. The number of nitrogens with two attached hydrogens (primary N) is 1. The highest BCUT2D eigenvalue weighted by Crippen LogP contribution is 2.13. The molecule has 1 aromatic carbocycles. The number of tetrazole rings is 1. The smallest absolute Gasteiger partial charge is 0.200 e. The Kier molecular flexibility index (Phi) is 2.71. The fourth-order valence-electron chi connectivity index (χ4n) is 1.82. The predicted octanol–water partition coefficient (Wildman–Crippen LogP) is 0.738. The molecule has 0 unspecified atom stereocenters. The number of rotatable bonds is 3. The largest absolute Gasteiger partial charge is 0.399 e. The van der Waals surface area contributed by atoms with Crippen molar-refractivity contribution in [3.8, 4) is 0 Å². The van der Waals surface area contributed by atoms with E-state index in [0.29, 0.717) is 5.65 Å². The second-order valence-corrected chi connectivity index (χ2v) is 4.32. The highest BCUT2D eigenvalue weighted by Gasteiger charge is 2.06. The zero-order valence-electron chi connectivity index (χ0n) is 10.4. The molecule has 3 rings (SSSR count). The topological polar surface area (TPSA) is 85.2 Å². The molecule has 2 aromatic heterocycles. The molecule has 7 nitrogen and oxygen atoms in total. The van der Waals surface area contributed by atoms with Gasteiger partial charge in [-0.25, -0.2) is 0 Å². The molecule has 7 heteroatoms. The second-order valence-electron chi connectivity index (χ2n) is 4.32. The van der Waals surface area contributed by atoms with E-state index in [1.54, 1.807) is 0 Å². The molecular formula is C12H13N7. The quantitative estimate of drug-likeness (QED) is 0.695. The van der Waals surface area contributed by atoms with Gasteiger partial charge in [0.15, 0.2) is 11.5 Å². The van der Waals surface area contributed by atoms with Gasteiger partial charge in [0, 0.05) is 19.3 Å². The van der Waals surface area contributed by atoms with Crippen LogP contribution in [0.2, 0.25) is 0 Å². The van der Waals surface area contributed by atoms with Crippen molar-refractivity contribution in [3.05, 3.63) is 42.0 Å². The normalized spacial score (nSPS) is 10.8. The molecule has 0 saturated heterocycles. The molecule has 0 bridgehead atoms. The zero-order valence-corrected chi connectivity index (χ0v) is 10.4. The summed E-state index contributed by atoms with van der Waals surface area (Å²) in [6.07, 6.45) is 0. The predicted molar refractivity (Wildman–Crippen MR) is 71.5 cm³/mol. The molecule has 0 aliphatic rings. The molecule has 2 heterocycles. The Bertz CT molecular complexity index is 689. The molecule has 96 valence electrons. The van der Waals surface area contributed by atoms with E-state index >= 15 is 0 Å². The van der Waals surface area contributed by atoms with Crippen LogP contribution in [0.4, 0.5) is 11.5 Å². The van der Waals surface area contributed by atoms with E-state index < -0.39 is 0 Å². The molecular weight excluding hydrogens is 242 g/mol. The fraction of sp³-hybridized carbons (Fsp3) is 0.167. The van der Waals surface area contributed by atoms with E-state index in [-0.39, 0.29) is 0 Å². The third kappa shape index (κ3) is 2.30. The highest BCUT2D eigenvalue weighted by molar-refractivity contribution is 5.45. The van der Waals surface area contributed by atoms with E-state index in [1.165, 1.54) is 4.63 Å². The van der Waals surface area contributed by atoms with Gasteiger partial charge in [-0.05, 0) is 40.3 Å². The van der Waals surface area contributed by atoms with Gasteiger partial charge in [-0.1, -0.05) is 12.1 Å². The van der Waals surface area contributed by atoms with Crippen molar-refractivity contribution in [1.29, 1.82) is 0 Å². The summed E-state index contributed by atoms with van der Waals surface area (Å²) in [6, 6.07) is 11.5. The lowest BCUT2D eigenvalue weighted by Crippen LogP contribution is -2.18. The first-order chi connectivity index (χ1) is 9.22. The van der Waals surface area contributed by atoms with Gasteiger partial charge in [0.05, 0.1) is 0 Å². The maximum atomic E-state index is 5.67. The van der Waals surface area contributed by atoms with Crippen molar-refractivity contribution in [2.24, 2.45) is 0 Å². The third-order valence-corrected chi connectivity index (χ3v) is 2.85. The van der Waals surface area contributed by atoms with Gasteiger partial charge >= 0.3 is 0 Å². The number of aromatic nitrogens is 5. The molecule has 0 radical (unpaired) electrons. The van der Waals surface area contributed by atoms with Crippen LogP contribution in [0.3, 0.4) is 0 Å². The molecule has 0 aliphatic heterocycles. The molecule has 0 atom stereocenters. The van der Waals surface area contributed by atoms with Gasteiger partial charge in [-0.2, -0.15) is 0 Å². The SMILES string of the molecule is CN(Cc1ccc(N)cc1)c1ccc2nnnn2n1. The van der Waals surface area contributed by atoms with Crippen LogP contribution in [0.25, 0.3) is 5.65 Å². The van der Waals surface area contributed by atoms with E-state index in [9.17, 15) is 0 Å². The Morgan fingerprint density at radius 3 is 2.74 bits per heavy atom. The van der Waals surface area contributed by atoms with Crippen LogP contribution < -0.4 is 10.6 Å². The van der Waals surface area contributed by atoms with Gasteiger partial charge in [0.2, 0.25) is 0 Å². The summed E-state index contributed by atoms with van der Waals surface area (Å²) in [7, 11) is 1.97. The number of benzene rings is 1. The Morgan fingerprint density at radius 2 is 1.95 bits per heavy atom. The Hall–Kier alpha value is -2.70. The lowest BCUT2D eigenvalue weighted by atomic mass is 10.2. The van der Waals surface area contributed by atoms with Crippen molar-refractivity contribution in [1.82, 2.24) is 25.3 Å². The highest BCUT2D eigenvalue weighted by atomic mass is 15.6. The minimum Gasteiger partial charge on any atom is -0.399 e. The van der Waals surface area contributed by atoms with E-state index in [0.717, 1.165) is 23.6 Å². The number of hydrogen-bond acceptors (Lipinski definition) is 6. The van der Waals surface area contributed by atoms with Crippen LogP contribution in [0.1, 0.15) is 5.56 Å². The van der Waals surface area contributed by atoms with Crippen molar-refractivity contribution in [2.45, 2.75) is 6.54 Å². The van der Waals surface area contributed by atoms with Crippen molar-refractivity contribution in [3.63, 3.8) is 0 Å². The van der Waals surface area contributed by atoms with Gasteiger partial charge < -0.3 is 10.6 Å². The summed E-state index contributed by atoms with van der Waals surface area (Å²) in [5.41, 5.74) is 8.22. The molecule has 0 aliphatic carbocycles. The van der Waals surface area contributed by atoms with Crippen LogP contribution >= 0.6 is 0 Å². The van der Waals surface area contributed by atoms with Crippen LogP contribution in [0.5, 0.6) is 0 Å². The first-order valence-electron chi connectivity index (χ1n) is 5.83. The lowest BCUT2D eigenvalue weighted by molar-refractivity contribution is 0.720. The standard InChI is InChI=1S/C12H13N7/c1-18(8-9-2-4-10(13)5-3-9)12-7-6-11-14-16-17-19(11)15-12/h2-7H,8,13H2,1H3. The third-order valence-electron chi connectivity index (χ3n) is 2.85. The van der Waals surface area contributed by atoms with Gasteiger partial charge in [-0.15, -0.1) is 14.8 Å². The zero-order chi connectivity index (χ0) is 13.2. The molecule has 19 heavy (non-hydrogen) atoms. The van der Waals surface area contributed by atoms with Crippen molar-refractivity contribution < 1.29 is 0 Å². The van der Waals surface area contributed by atoms with Crippen molar-refractivity contribution in [2.75, 3.05) is 17.7 Å². The molecule has 2 N–H and O–H groups in total. The average Bonchev–Trinajstić information content (AvgIpc) is 2.88. The maximum absolute atomic E-state index is 5.67. The first-order valence-corrected chi connectivity index (χ1v) is 5.83. The van der Waals surface area contributed by atoms with E-state index in [1.807, 2.05) is 48.3 Å². The minimum absolute atomic E-state index is 0.629. The van der Waals surface area contributed by atoms with Gasteiger partial charge in [0.25, 0.3) is 0 Å². The lowest BCUT2D eigenvalue weighted by Gasteiger charge is -2.17. The Morgan fingerprint density at radius 1 is 1.16 bits per heavy atom. The Labute approximate surface area is 109 Å². The average molecular weight is 255 g/mol. The number of fused-ring (bicyclic) bond motifs is 1. The summed E-state index contributed by atoms with van der Waals surface area (Å²) in [5, 5.41) is 15.5. The summed E-state index contributed by atoms with van der Waals surface area (Å²) >= 11 is 0. The van der Waals surface area contributed by atoms with Crippen LogP contribution in [-0.4, -0.2) is 32.3 Å². The molecule has 3 aromatic rings. The summed E-state index contributed by atoms with van der Waals surface area (Å²) in [4.78, 5) is 2.02. The minimum atomic E-state index is 0.629. The molecule has 0 spiro atoms. The number of anilines is 2. The molecule has 0 amide bonds. The summed E-state index contributed by atoms with van der Waals surface area (Å²) in [5.74, 6) is 0.802. The van der Waals surface area contributed by atoms with Gasteiger partial charge in [0.1, 0.15) is 0 Å². The number of nitrogen functional groups attached to an aromatic ring is 1. The van der Waals surface area contributed by atoms with Crippen LogP contribution in [0.15, 0.2) is 36.4 Å². The first kappa shape index (κ1) is 11.4. The monoisotopic (exact) mass is 255 g/mol. The Balaban J connectivity index is 1.82. The fourth-order valence-corrected chi connectivity index (χ4v) is 1.82. The van der Waals surface area contributed by atoms with Crippen LogP contribution in [-0.2, 0) is 6.54 Å². The molecule has 0 fully saturated rings. The second kappa shape index (κ2) is 4.52. The number of hydrogen-bond donors (Lipinski definition) is 1. The van der Waals surface area contributed by atoms with E-state index in [4.69, 9.17) is 5.73 Å². The van der Waals surface area contributed by atoms with Gasteiger partial charge in [-0.3, -0.25) is 0 Å². The van der Waals surface area contributed by atoms with Crippen molar-refractivity contribution >= 4 is 17.2 Å². The summed E-state index contributed by atoms with van der Waals surface area (Å²) < 4.78 is 1.41. The number of nitrogens with zero attached hydrogens (tertiary/aromatic N) is 6. The molecule has 0 saturated carbocycles.